The highest BCUT2D eigenvalue weighted by atomic mass is 16.5. The number of carbonyl (C=O) groups is 2. The standard InChI is InChI=1S/C29H47N3O3/c1-5-24-9-11-25(12-10-24)20-32-16-14-29(15-17-32)13-7-6-8-18-35-21-23(4)30-27(33)26(19-22(2)3)31-28(29)34/h9-12,22-23,26H,5-8,13-21H2,1-4H3,(H,30,33)(H,31,34)/t23-,26+/m1/s1. The van der Waals surface area contributed by atoms with Crippen LogP contribution in [-0.4, -0.2) is 55.1 Å². The van der Waals surface area contributed by atoms with E-state index in [1.165, 1.54) is 11.1 Å². The number of likely N-dealkylation sites (tertiary alicyclic amines) is 1. The second kappa shape index (κ2) is 13.4. The van der Waals surface area contributed by atoms with Gasteiger partial charge in [0.2, 0.25) is 11.8 Å². The first-order valence-electron chi connectivity index (χ1n) is 13.8. The molecule has 1 aromatic rings. The largest absolute Gasteiger partial charge is 0.379 e. The van der Waals surface area contributed by atoms with Crippen molar-refractivity contribution in [3.05, 3.63) is 35.4 Å². The fourth-order valence-electron chi connectivity index (χ4n) is 5.37. The number of nitrogens with zero attached hydrogens (tertiary/aromatic N) is 1. The third kappa shape index (κ3) is 8.32. The van der Waals surface area contributed by atoms with Gasteiger partial charge in [0.25, 0.3) is 0 Å². The van der Waals surface area contributed by atoms with Crippen LogP contribution in [0.2, 0.25) is 0 Å². The first-order valence-corrected chi connectivity index (χ1v) is 13.8. The third-order valence-corrected chi connectivity index (χ3v) is 7.66. The summed E-state index contributed by atoms with van der Waals surface area (Å²) in [5.41, 5.74) is 2.30. The Balaban J connectivity index is 1.70. The minimum absolute atomic E-state index is 0.0689. The normalized spacial score (nSPS) is 25.2. The van der Waals surface area contributed by atoms with Gasteiger partial charge in [-0.3, -0.25) is 14.5 Å². The highest BCUT2D eigenvalue weighted by Crippen LogP contribution is 2.38. The van der Waals surface area contributed by atoms with E-state index >= 15 is 0 Å². The van der Waals surface area contributed by atoms with E-state index in [1.807, 2.05) is 6.92 Å². The molecule has 35 heavy (non-hydrogen) atoms. The van der Waals surface area contributed by atoms with Gasteiger partial charge in [0, 0.05) is 19.2 Å². The van der Waals surface area contributed by atoms with Crippen LogP contribution in [0.15, 0.2) is 24.3 Å². The van der Waals surface area contributed by atoms with E-state index in [0.717, 1.165) is 64.6 Å². The first-order chi connectivity index (χ1) is 16.8. The van der Waals surface area contributed by atoms with Crippen molar-refractivity contribution in [2.45, 2.75) is 97.7 Å². The second-order valence-electron chi connectivity index (χ2n) is 11.2. The maximum atomic E-state index is 13.8. The van der Waals surface area contributed by atoms with Crippen molar-refractivity contribution in [3.8, 4) is 0 Å². The van der Waals surface area contributed by atoms with Crippen molar-refractivity contribution in [2.75, 3.05) is 26.3 Å². The lowest BCUT2D eigenvalue weighted by Crippen LogP contribution is -2.56. The number of hydrogen-bond acceptors (Lipinski definition) is 4. The number of carbonyl (C=O) groups excluding carboxylic acids is 2. The molecule has 0 saturated carbocycles. The molecule has 6 nitrogen and oxygen atoms in total. The molecule has 0 radical (unpaired) electrons. The topological polar surface area (TPSA) is 70.7 Å². The maximum Gasteiger partial charge on any atom is 0.242 e. The fraction of sp³-hybridized carbons (Fsp3) is 0.724. The SMILES string of the molecule is CCc1ccc(CN2CCC3(CCCCCOC[C@@H](C)NC(=O)[C@H](CC(C)C)NC3=O)CC2)cc1. The summed E-state index contributed by atoms with van der Waals surface area (Å²) in [6.07, 6.45) is 7.34. The van der Waals surface area contributed by atoms with Gasteiger partial charge in [-0.05, 0) is 75.6 Å². The van der Waals surface area contributed by atoms with E-state index in [2.05, 4.69) is 60.6 Å². The Kier molecular flexibility index (Phi) is 10.6. The van der Waals surface area contributed by atoms with Crippen molar-refractivity contribution in [1.29, 1.82) is 0 Å². The zero-order valence-corrected chi connectivity index (χ0v) is 22.4. The molecule has 1 spiro atoms. The second-order valence-corrected chi connectivity index (χ2v) is 11.2. The smallest absolute Gasteiger partial charge is 0.242 e. The molecule has 196 valence electrons. The summed E-state index contributed by atoms with van der Waals surface area (Å²) in [6.45, 7) is 12.3. The average molecular weight is 486 g/mol. The summed E-state index contributed by atoms with van der Waals surface area (Å²) in [5.74, 6) is 0.294. The zero-order valence-electron chi connectivity index (χ0n) is 22.4. The summed E-state index contributed by atoms with van der Waals surface area (Å²) in [6, 6.07) is 8.33. The lowest BCUT2D eigenvalue weighted by molar-refractivity contribution is -0.139. The molecule has 0 aliphatic carbocycles. The number of aryl methyl sites for hydroxylation is 1. The zero-order chi connectivity index (χ0) is 25.3. The Hall–Kier alpha value is -1.92. The number of piperidine rings is 1. The number of rotatable bonds is 5. The molecule has 0 unspecified atom stereocenters. The monoisotopic (exact) mass is 485 g/mol. The molecule has 2 N–H and O–H groups in total. The number of hydrogen-bond donors (Lipinski definition) is 2. The highest BCUT2D eigenvalue weighted by Gasteiger charge is 2.42. The van der Waals surface area contributed by atoms with Crippen molar-refractivity contribution < 1.29 is 14.3 Å². The van der Waals surface area contributed by atoms with Crippen LogP contribution in [0.4, 0.5) is 0 Å². The first kappa shape index (κ1) is 27.7. The quantitative estimate of drug-likeness (QED) is 0.646. The van der Waals surface area contributed by atoms with E-state index in [9.17, 15) is 9.59 Å². The van der Waals surface area contributed by atoms with Gasteiger partial charge in [-0.25, -0.2) is 0 Å². The van der Waals surface area contributed by atoms with Gasteiger partial charge in [-0.2, -0.15) is 0 Å². The molecule has 2 heterocycles. The molecule has 2 atom stereocenters. The van der Waals surface area contributed by atoms with Crippen LogP contribution >= 0.6 is 0 Å². The Labute approximate surface area is 212 Å². The fourth-order valence-corrected chi connectivity index (χ4v) is 5.37. The summed E-state index contributed by atoms with van der Waals surface area (Å²) in [4.78, 5) is 29.3. The van der Waals surface area contributed by atoms with Crippen LogP contribution in [0.3, 0.4) is 0 Å². The summed E-state index contributed by atoms with van der Waals surface area (Å²) < 4.78 is 5.79. The highest BCUT2D eigenvalue weighted by molar-refractivity contribution is 5.90. The van der Waals surface area contributed by atoms with Crippen LogP contribution in [0.1, 0.15) is 83.8 Å². The molecule has 2 aliphatic heterocycles. The number of nitrogens with one attached hydrogen (secondary N) is 2. The minimum Gasteiger partial charge on any atom is -0.379 e. The number of ether oxygens (including phenoxy) is 1. The average Bonchev–Trinajstić information content (AvgIpc) is 2.83. The van der Waals surface area contributed by atoms with Crippen LogP contribution < -0.4 is 10.6 Å². The maximum absolute atomic E-state index is 13.8. The van der Waals surface area contributed by atoms with E-state index in [-0.39, 0.29) is 17.9 Å². The van der Waals surface area contributed by atoms with Gasteiger partial charge in [-0.15, -0.1) is 0 Å². The summed E-state index contributed by atoms with van der Waals surface area (Å²) in [7, 11) is 0. The lowest BCUT2D eigenvalue weighted by atomic mass is 9.73. The molecule has 2 aliphatic rings. The minimum atomic E-state index is -0.500. The molecule has 3 rings (SSSR count). The third-order valence-electron chi connectivity index (χ3n) is 7.66. The molecular weight excluding hydrogens is 438 g/mol. The van der Waals surface area contributed by atoms with Crippen molar-refractivity contribution >= 4 is 11.8 Å². The Morgan fingerprint density at radius 2 is 1.69 bits per heavy atom. The van der Waals surface area contributed by atoms with Crippen LogP contribution in [0, 0.1) is 11.3 Å². The van der Waals surface area contributed by atoms with Crippen LogP contribution in [0.25, 0.3) is 0 Å². The van der Waals surface area contributed by atoms with Crippen molar-refractivity contribution in [2.24, 2.45) is 11.3 Å². The summed E-state index contributed by atoms with van der Waals surface area (Å²) in [5, 5.41) is 6.26. The van der Waals surface area contributed by atoms with Gasteiger partial charge >= 0.3 is 0 Å². The molecule has 2 fully saturated rings. The van der Waals surface area contributed by atoms with E-state index in [0.29, 0.717) is 25.6 Å². The Bertz CT molecular complexity index is 800. The van der Waals surface area contributed by atoms with E-state index in [4.69, 9.17) is 4.74 Å². The van der Waals surface area contributed by atoms with Gasteiger partial charge in [-0.1, -0.05) is 57.9 Å². The van der Waals surface area contributed by atoms with E-state index < -0.39 is 11.5 Å². The van der Waals surface area contributed by atoms with Crippen molar-refractivity contribution in [3.63, 3.8) is 0 Å². The van der Waals surface area contributed by atoms with Gasteiger partial charge in [0.15, 0.2) is 0 Å². The molecule has 1 aromatic carbocycles. The van der Waals surface area contributed by atoms with Crippen LogP contribution in [0.5, 0.6) is 0 Å². The van der Waals surface area contributed by atoms with Gasteiger partial charge < -0.3 is 15.4 Å². The van der Waals surface area contributed by atoms with Gasteiger partial charge in [0.1, 0.15) is 6.04 Å². The Morgan fingerprint density at radius 1 is 1.00 bits per heavy atom. The molecule has 2 amide bonds. The summed E-state index contributed by atoms with van der Waals surface area (Å²) >= 11 is 0. The Morgan fingerprint density at radius 3 is 2.34 bits per heavy atom. The van der Waals surface area contributed by atoms with Crippen LogP contribution in [-0.2, 0) is 27.3 Å². The predicted octanol–water partition coefficient (Wildman–Crippen LogP) is 4.46. The lowest BCUT2D eigenvalue weighted by Gasteiger charge is -2.41. The molecular formula is C29H47N3O3. The molecule has 0 aromatic heterocycles. The van der Waals surface area contributed by atoms with Gasteiger partial charge in [0.05, 0.1) is 12.0 Å². The molecule has 0 bridgehead atoms. The van der Waals surface area contributed by atoms with E-state index in [1.54, 1.807) is 0 Å². The number of benzene rings is 1. The van der Waals surface area contributed by atoms with Crippen molar-refractivity contribution in [1.82, 2.24) is 15.5 Å². The molecule has 2 saturated heterocycles. The number of amides is 2. The predicted molar refractivity (Wildman–Crippen MR) is 141 cm³/mol. The molecule has 6 heteroatoms.